The Bertz CT molecular complexity index is 304. The van der Waals surface area contributed by atoms with Gasteiger partial charge in [-0.25, -0.2) is 0 Å². The molecular weight excluding hydrogens is 184 g/mol. The summed E-state index contributed by atoms with van der Waals surface area (Å²) in [7, 11) is 0. The maximum absolute atomic E-state index is 12.0. The Hall–Kier alpha value is -0.330. The molecule has 0 aliphatic heterocycles. The Labute approximate surface area is 92.6 Å². The zero-order valence-corrected chi connectivity index (χ0v) is 10.1. The van der Waals surface area contributed by atoms with Crippen LogP contribution in [0.3, 0.4) is 0 Å². The minimum absolute atomic E-state index is 0.441. The molecule has 3 aliphatic carbocycles. The van der Waals surface area contributed by atoms with Gasteiger partial charge in [-0.15, -0.1) is 0 Å². The number of fused-ring (bicyclic) bond motifs is 3. The van der Waals surface area contributed by atoms with E-state index in [2.05, 4.69) is 20.8 Å². The Balaban J connectivity index is 1.93. The van der Waals surface area contributed by atoms with Crippen LogP contribution in [0.4, 0.5) is 0 Å². The molecule has 3 rings (SSSR count). The van der Waals surface area contributed by atoms with Crippen LogP contribution in [0.1, 0.15) is 46.5 Å². The molecule has 15 heavy (non-hydrogen) atoms. The van der Waals surface area contributed by atoms with Crippen LogP contribution < -0.4 is 0 Å². The Kier molecular flexibility index (Phi) is 1.88. The number of Topliss-reactive ketones (excluding diaryl/α,β-unsaturated/α-hetero) is 1. The van der Waals surface area contributed by atoms with E-state index in [4.69, 9.17) is 0 Å². The average molecular weight is 206 g/mol. The normalized spacial score (nSPS) is 51.9. The molecule has 5 atom stereocenters. The molecule has 0 spiro atoms. The van der Waals surface area contributed by atoms with E-state index in [0.717, 1.165) is 30.1 Å². The van der Waals surface area contributed by atoms with Crippen molar-refractivity contribution in [3.63, 3.8) is 0 Å². The Morgan fingerprint density at radius 3 is 2.67 bits per heavy atom. The van der Waals surface area contributed by atoms with Gasteiger partial charge in [0.1, 0.15) is 5.78 Å². The maximum Gasteiger partial charge on any atom is 0.136 e. The molecule has 3 saturated carbocycles. The molecule has 0 bridgehead atoms. The summed E-state index contributed by atoms with van der Waals surface area (Å²) in [5.74, 6) is 4.29. The fourth-order valence-corrected chi connectivity index (χ4v) is 4.79. The first-order valence-corrected chi connectivity index (χ1v) is 6.56. The highest BCUT2D eigenvalue weighted by molar-refractivity contribution is 5.82. The monoisotopic (exact) mass is 206 g/mol. The molecule has 0 aromatic carbocycles. The van der Waals surface area contributed by atoms with Crippen molar-refractivity contribution < 1.29 is 4.79 Å². The summed E-state index contributed by atoms with van der Waals surface area (Å²) in [6.07, 6.45) is 4.53. The van der Waals surface area contributed by atoms with Crippen molar-refractivity contribution in [2.75, 3.05) is 0 Å². The van der Waals surface area contributed by atoms with Gasteiger partial charge in [-0.3, -0.25) is 4.79 Å². The molecule has 84 valence electrons. The summed E-state index contributed by atoms with van der Waals surface area (Å²) in [6.45, 7) is 7.20. The highest BCUT2D eigenvalue weighted by Gasteiger charge is 2.65. The minimum Gasteiger partial charge on any atom is -0.299 e. The molecule has 0 unspecified atom stereocenters. The van der Waals surface area contributed by atoms with Gasteiger partial charge in [0.15, 0.2) is 0 Å². The molecule has 0 aromatic rings. The standard InChI is InChI=1S/C14H22O/c1-8-4-5-9-11(15)7-6-10-13(12(8)9)14(10,2)3/h8-10,12-13H,4-7H2,1-3H3/t8-,9-,10-,12-,13-/m1/s1. The lowest BCUT2D eigenvalue weighted by Gasteiger charge is -2.22. The molecule has 3 aliphatic rings. The van der Waals surface area contributed by atoms with Crippen molar-refractivity contribution in [2.45, 2.75) is 46.5 Å². The van der Waals surface area contributed by atoms with Gasteiger partial charge >= 0.3 is 0 Å². The zero-order valence-electron chi connectivity index (χ0n) is 10.1. The number of carbonyl (C=O) groups is 1. The topological polar surface area (TPSA) is 17.1 Å². The molecular formula is C14H22O. The lowest BCUT2D eigenvalue weighted by Crippen LogP contribution is -2.23. The summed E-state index contributed by atoms with van der Waals surface area (Å²) in [4.78, 5) is 12.0. The first kappa shape index (κ1) is 9.86. The highest BCUT2D eigenvalue weighted by atomic mass is 16.1. The molecule has 3 fully saturated rings. The smallest absolute Gasteiger partial charge is 0.136 e. The molecule has 0 N–H and O–H groups in total. The van der Waals surface area contributed by atoms with Gasteiger partial charge in [0, 0.05) is 12.3 Å². The molecule has 0 saturated heterocycles. The Morgan fingerprint density at radius 2 is 1.93 bits per heavy atom. The quantitative estimate of drug-likeness (QED) is 0.594. The van der Waals surface area contributed by atoms with Crippen LogP contribution in [-0.4, -0.2) is 5.78 Å². The van der Waals surface area contributed by atoms with E-state index >= 15 is 0 Å². The second kappa shape index (κ2) is 2.87. The van der Waals surface area contributed by atoms with Gasteiger partial charge in [0.2, 0.25) is 0 Å². The fraction of sp³-hybridized carbons (Fsp3) is 0.929. The minimum atomic E-state index is 0.441. The zero-order chi connectivity index (χ0) is 10.8. The second-order valence-electron chi connectivity index (χ2n) is 6.70. The van der Waals surface area contributed by atoms with Crippen LogP contribution in [0.25, 0.3) is 0 Å². The molecule has 0 radical (unpaired) electrons. The van der Waals surface area contributed by atoms with Crippen molar-refractivity contribution in [3.05, 3.63) is 0 Å². The van der Waals surface area contributed by atoms with Crippen molar-refractivity contribution in [1.82, 2.24) is 0 Å². The maximum atomic E-state index is 12.0. The van der Waals surface area contributed by atoms with E-state index in [1.165, 1.54) is 19.3 Å². The predicted molar refractivity (Wildman–Crippen MR) is 60.4 cm³/mol. The van der Waals surface area contributed by atoms with E-state index in [0.29, 0.717) is 17.1 Å². The third kappa shape index (κ3) is 1.18. The van der Waals surface area contributed by atoms with Gasteiger partial charge < -0.3 is 0 Å². The largest absolute Gasteiger partial charge is 0.299 e. The van der Waals surface area contributed by atoms with Crippen LogP contribution in [0, 0.1) is 35.0 Å². The lowest BCUT2D eigenvalue weighted by molar-refractivity contribution is -0.124. The molecule has 1 heteroatoms. The third-order valence-electron chi connectivity index (χ3n) is 5.72. The summed E-state index contributed by atoms with van der Waals surface area (Å²) in [5.41, 5.74) is 0.544. The van der Waals surface area contributed by atoms with E-state index in [1.54, 1.807) is 0 Å². The van der Waals surface area contributed by atoms with Gasteiger partial charge in [-0.2, -0.15) is 0 Å². The first-order chi connectivity index (χ1) is 7.03. The Morgan fingerprint density at radius 1 is 1.20 bits per heavy atom. The van der Waals surface area contributed by atoms with Crippen molar-refractivity contribution >= 4 is 5.78 Å². The summed E-state index contributed by atoms with van der Waals surface area (Å²) < 4.78 is 0. The van der Waals surface area contributed by atoms with Crippen molar-refractivity contribution in [3.8, 4) is 0 Å². The summed E-state index contributed by atoms with van der Waals surface area (Å²) >= 11 is 0. The van der Waals surface area contributed by atoms with Crippen LogP contribution in [-0.2, 0) is 4.79 Å². The predicted octanol–water partition coefficient (Wildman–Crippen LogP) is 3.28. The van der Waals surface area contributed by atoms with E-state index in [9.17, 15) is 4.79 Å². The van der Waals surface area contributed by atoms with Gasteiger partial charge in [0.05, 0.1) is 0 Å². The summed E-state index contributed by atoms with van der Waals surface area (Å²) in [5, 5.41) is 0. The molecule has 0 aromatic heterocycles. The number of ketones is 1. The van der Waals surface area contributed by atoms with E-state index in [1.807, 2.05) is 0 Å². The summed E-state index contributed by atoms with van der Waals surface area (Å²) in [6, 6.07) is 0. The van der Waals surface area contributed by atoms with Crippen LogP contribution in [0.5, 0.6) is 0 Å². The lowest BCUT2D eigenvalue weighted by atomic mass is 9.81. The van der Waals surface area contributed by atoms with Crippen LogP contribution >= 0.6 is 0 Å². The van der Waals surface area contributed by atoms with Crippen molar-refractivity contribution in [2.24, 2.45) is 35.0 Å². The number of hydrogen-bond acceptors (Lipinski definition) is 1. The van der Waals surface area contributed by atoms with Crippen LogP contribution in [0.2, 0.25) is 0 Å². The van der Waals surface area contributed by atoms with Crippen molar-refractivity contribution in [1.29, 1.82) is 0 Å². The first-order valence-electron chi connectivity index (χ1n) is 6.56. The number of rotatable bonds is 0. The molecule has 0 heterocycles. The van der Waals surface area contributed by atoms with E-state index < -0.39 is 0 Å². The van der Waals surface area contributed by atoms with E-state index in [-0.39, 0.29) is 0 Å². The average Bonchev–Trinajstić information content (AvgIpc) is 2.55. The fourth-order valence-electron chi connectivity index (χ4n) is 4.79. The van der Waals surface area contributed by atoms with Gasteiger partial charge in [0.25, 0.3) is 0 Å². The SMILES string of the molecule is C[C@@H]1CC[C@@H]2C(=O)CC[C@@H]3[C@H]([C@H]12)C3(C)C. The highest BCUT2D eigenvalue weighted by Crippen LogP contribution is 2.69. The van der Waals surface area contributed by atoms with Crippen LogP contribution in [0.15, 0.2) is 0 Å². The number of carbonyl (C=O) groups excluding carboxylic acids is 1. The third-order valence-corrected chi connectivity index (χ3v) is 5.72. The van der Waals surface area contributed by atoms with Gasteiger partial charge in [-0.05, 0) is 48.3 Å². The second-order valence-corrected chi connectivity index (χ2v) is 6.70. The molecule has 0 amide bonds. The molecule has 1 nitrogen and oxygen atoms in total. The number of hydrogen-bond donors (Lipinski definition) is 0. The van der Waals surface area contributed by atoms with Gasteiger partial charge in [-0.1, -0.05) is 20.8 Å².